The molecule has 0 bridgehead atoms. The van der Waals surface area contributed by atoms with Crippen LogP contribution in [0, 0.1) is 0 Å². The highest BCUT2D eigenvalue weighted by atomic mass is 16.7. The van der Waals surface area contributed by atoms with Crippen LogP contribution < -0.4 is 0 Å². The van der Waals surface area contributed by atoms with Crippen molar-refractivity contribution in [3.63, 3.8) is 0 Å². The molecule has 1 saturated heterocycles. The Hall–Kier alpha value is -3.55. The number of hydrogen-bond acceptors (Lipinski definition) is 12. The summed E-state index contributed by atoms with van der Waals surface area (Å²) in [5, 5.41) is 54.9. The van der Waals surface area contributed by atoms with Crippen LogP contribution in [0.25, 0.3) is 0 Å². The second kappa shape index (κ2) is 10.6. The fourth-order valence-corrected chi connectivity index (χ4v) is 6.56. The monoisotopic (exact) mass is 585 g/mol. The van der Waals surface area contributed by atoms with Crippen molar-refractivity contribution in [2.45, 2.75) is 75.3 Å². The molecule has 2 aliphatic carbocycles. The number of nitrogens with zero attached hydrogens (tertiary/aromatic N) is 1. The van der Waals surface area contributed by atoms with Crippen LogP contribution in [0.15, 0.2) is 18.2 Å². The maximum absolute atomic E-state index is 13.7. The molecular weight excluding hydrogens is 550 g/mol. The van der Waals surface area contributed by atoms with Crippen LogP contribution in [0.2, 0.25) is 0 Å². The summed E-state index contributed by atoms with van der Waals surface area (Å²) < 4.78 is 17.3. The average Bonchev–Trinajstić information content (AvgIpc) is 2.93. The van der Waals surface area contributed by atoms with Gasteiger partial charge in [0.2, 0.25) is 5.78 Å². The van der Waals surface area contributed by atoms with Crippen LogP contribution in [0.3, 0.4) is 0 Å². The van der Waals surface area contributed by atoms with Gasteiger partial charge in [0.1, 0.15) is 23.2 Å². The van der Waals surface area contributed by atoms with E-state index in [4.69, 9.17) is 14.2 Å². The van der Waals surface area contributed by atoms with Crippen molar-refractivity contribution < 1.29 is 54.1 Å². The van der Waals surface area contributed by atoms with Gasteiger partial charge in [0.15, 0.2) is 12.1 Å². The number of likely N-dealkylation sites (N-methyl/N-ethyl adjacent to an activating group) is 1. The normalized spacial score (nSPS) is 30.5. The average molecular weight is 586 g/mol. The lowest BCUT2D eigenvalue weighted by molar-refractivity contribution is -0.258. The van der Waals surface area contributed by atoms with E-state index in [2.05, 4.69) is 0 Å². The Morgan fingerprint density at radius 1 is 1.10 bits per heavy atom. The number of aromatic hydroxyl groups is 3. The molecule has 3 aliphatic rings. The molecular formula is C30H35NO11. The number of ether oxygens (including phenoxy) is 3. The number of carbonyl (C=O) groups excluding carboxylic acids is 3. The standard InChI is InChI=1S/C30H35NO11/c1-6-30(39)11-18(42-19-10-15(31(3)4)25(34)12(2)41-19)20-13(24(30)29(38)40-5)9-14-21(27(20)36)28(37)23-17(33)8-7-16(32)22(23)26(14)35/h7-9,12,15,18-19,24-25,32-34,36,39H,6,10-11H2,1-5H3/t12?,15?,18-,19+,24+,25-,30+/m1/s1. The van der Waals surface area contributed by atoms with Gasteiger partial charge in [0.25, 0.3) is 0 Å². The molecule has 5 N–H and O–H groups in total. The third-order valence-electron chi connectivity index (χ3n) is 8.87. The number of rotatable bonds is 5. The summed E-state index contributed by atoms with van der Waals surface area (Å²) in [4.78, 5) is 42.2. The number of fused-ring (bicyclic) bond motifs is 3. The zero-order valence-corrected chi connectivity index (χ0v) is 24.0. The minimum atomic E-state index is -1.74. The summed E-state index contributed by atoms with van der Waals surface area (Å²) in [7, 11) is 4.76. The van der Waals surface area contributed by atoms with Gasteiger partial charge >= 0.3 is 5.97 Å². The summed E-state index contributed by atoms with van der Waals surface area (Å²) in [5.74, 6) is -5.69. The molecule has 1 heterocycles. The predicted octanol–water partition coefficient (Wildman–Crippen LogP) is 1.86. The number of ketones is 2. The zero-order valence-electron chi connectivity index (χ0n) is 24.0. The van der Waals surface area contributed by atoms with Crippen LogP contribution in [0.4, 0.5) is 0 Å². The lowest BCUT2D eigenvalue weighted by Crippen LogP contribution is -2.54. The number of carbonyl (C=O) groups is 3. The molecule has 2 aromatic rings. The van der Waals surface area contributed by atoms with Crippen molar-refractivity contribution in [3.8, 4) is 17.2 Å². The minimum Gasteiger partial charge on any atom is -0.507 e. The molecule has 7 atom stereocenters. The van der Waals surface area contributed by atoms with E-state index >= 15 is 0 Å². The summed E-state index contributed by atoms with van der Waals surface area (Å²) in [6.07, 6.45) is -3.34. The molecule has 2 unspecified atom stereocenters. The highest BCUT2D eigenvalue weighted by Crippen LogP contribution is 2.54. The van der Waals surface area contributed by atoms with Crippen LogP contribution in [0.1, 0.15) is 88.1 Å². The summed E-state index contributed by atoms with van der Waals surface area (Å²) >= 11 is 0. The van der Waals surface area contributed by atoms with Gasteiger partial charge in [-0.3, -0.25) is 14.4 Å². The van der Waals surface area contributed by atoms with E-state index in [-0.39, 0.29) is 42.0 Å². The molecule has 12 nitrogen and oxygen atoms in total. The summed E-state index contributed by atoms with van der Waals surface area (Å²) in [5.41, 5.74) is -3.36. The zero-order chi connectivity index (χ0) is 30.8. The second-order valence-electron chi connectivity index (χ2n) is 11.4. The molecule has 12 heteroatoms. The van der Waals surface area contributed by atoms with Crippen LogP contribution >= 0.6 is 0 Å². The van der Waals surface area contributed by atoms with E-state index in [0.717, 1.165) is 19.2 Å². The molecule has 1 fully saturated rings. The van der Waals surface area contributed by atoms with Crippen molar-refractivity contribution in [3.05, 3.63) is 51.6 Å². The number of esters is 1. The third kappa shape index (κ3) is 4.45. The number of aliphatic hydroxyl groups is 2. The smallest absolute Gasteiger partial charge is 0.316 e. The molecule has 226 valence electrons. The number of hydrogen-bond donors (Lipinski definition) is 5. The van der Waals surface area contributed by atoms with Gasteiger partial charge in [-0.1, -0.05) is 6.92 Å². The van der Waals surface area contributed by atoms with Crippen molar-refractivity contribution in [2.75, 3.05) is 21.2 Å². The Morgan fingerprint density at radius 2 is 1.71 bits per heavy atom. The lowest BCUT2D eigenvalue weighted by Gasteiger charge is -2.46. The van der Waals surface area contributed by atoms with Gasteiger partial charge in [-0.15, -0.1) is 0 Å². The Balaban J connectivity index is 1.70. The third-order valence-corrected chi connectivity index (χ3v) is 8.87. The maximum Gasteiger partial charge on any atom is 0.316 e. The first kappa shape index (κ1) is 29.9. The SMILES string of the molecule is CC[C@]1(O)C[C@@H](O[C@H]2CC(N(C)C)[C@H](O)C(C)O2)c2c(cc3c(c2O)C(=O)c2c(O)ccc(O)c2C3=O)[C@H]1C(=O)OC. The second-order valence-corrected chi connectivity index (χ2v) is 11.4. The van der Waals surface area contributed by atoms with E-state index in [0.29, 0.717) is 0 Å². The highest BCUT2D eigenvalue weighted by molar-refractivity contribution is 6.31. The molecule has 5 rings (SSSR count). The van der Waals surface area contributed by atoms with Crippen LogP contribution in [-0.2, 0) is 19.0 Å². The number of aliphatic hydroxyl groups excluding tert-OH is 1. The van der Waals surface area contributed by atoms with Gasteiger partial charge in [-0.25, -0.2) is 0 Å². The number of phenols is 3. The van der Waals surface area contributed by atoms with E-state index < -0.39 is 87.6 Å². The van der Waals surface area contributed by atoms with Crippen molar-refractivity contribution >= 4 is 17.5 Å². The lowest BCUT2D eigenvalue weighted by atomic mass is 9.67. The first-order valence-electron chi connectivity index (χ1n) is 13.7. The summed E-state index contributed by atoms with van der Waals surface area (Å²) in [6.45, 7) is 3.36. The Labute approximate surface area is 242 Å². The van der Waals surface area contributed by atoms with Crippen molar-refractivity contribution in [1.29, 1.82) is 0 Å². The maximum atomic E-state index is 13.7. The topological polar surface area (TPSA) is 183 Å². The summed E-state index contributed by atoms with van der Waals surface area (Å²) in [6, 6.07) is 3.05. The van der Waals surface area contributed by atoms with E-state index in [1.165, 1.54) is 6.07 Å². The molecule has 42 heavy (non-hydrogen) atoms. The number of phenolic OH excluding ortho intramolecular Hbond substituents is 3. The van der Waals surface area contributed by atoms with Gasteiger partial charge in [-0.2, -0.15) is 0 Å². The minimum absolute atomic E-state index is 0.00436. The fraction of sp³-hybridized carbons (Fsp3) is 0.500. The number of methoxy groups -OCH3 is 1. The molecule has 2 aromatic carbocycles. The first-order valence-corrected chi connectivity index (χ1v) is 13.7. The Kier molecular flexibility index (Phi) is 7.57. The highest BCUT2D eigenvalue weighted by Gasteiger charge is 2.53. The van der Waals surface area contributed by atoms with Crippen molar-refractivity contribution in [2.24, 2.45) is 0 Å². The molecule has 0 radical (unpaired) electrons. The molecule has 0 amide bonds. The van der Waals surface area contributed by atoms with Gasteiger partial charge in [0, 0.05) is 30.0 Å². The number of benzene rings is 2. The molecule has 0 saturated carbocycles. The van der Waals surface area contributed by atoms with E-state index in [1.54, 1.807) is 13.8 Å². The van der Waals surface area contributed by atoms with E-state index in [9.17, 15) is 39.9 Å². The quantitative estimate of drug-likeness (QED) is 0.217. The molecule has 0 aromatic heterocycles. The van der Waals surface area contributed by atoms with E-state index in [1.807, 2.05) is 19.0 Å². The molecule has 0 spiro atoms. The largest absolute Gasteiger partial charge is 0.507 e. The van der Waals surface area contributed by atoms with Gasteiger partial charge < -0.3 is 44.6 Å². The van der Waals surface area contributed by atoms with Gasteiger partial charge in [0.05, 0.1) is 47.7 Å². The van der Waals surface area contributed by atoms with Crippen molar-refractivity contribution in [1.82, 2.24) is 4.90 Å². The predicted molar refractivity (Wildman–Crippen MR) is 146 cm³/mol. The van der Waals surface area contributed by atoms with Gasteiger partial charge in [-0.05, 0) is 51.2 Å². The fourth-order valence-electron chi connectivity index (χ4n) is 6.56. The Morgan fingerprint density at radius 3 is 2.29 bits per heavy atom. The van der Waals surface area contributed by atoms with Crippen LogP contribution in [-0.4, -0.2) is 99.3 Å². The Bertz CT molecular complexity index is 1470. The van der Waals surface area contributed by atoms with Crippen LogP contribution in [0.5, 0.6) is 17.2 Å². The first-order chi connectivity index (χ1) is 19.7. The molecule has 1 aliphatic heterocycles.